The summed E-state index contributed by atoms with van der Waals surface area (Å²) in [6.07, 6.45) is 2.79. The van der Waals surface area contributed by atoms with E-state index in [2.05, 4.69) is 31.1 Å². The van der Waals surface area contributed by atoms with Crippen LogP contribution in [0.15, 0.2) is 18.3 Å². The molecular formula is C12H17N3. The number of nitrogens with zero attached hydrogens (tertiary/aromatic N) is 2. The Kier molecular flexibility index (Phi) is 4.11. The van der Waals surface area contributed by atoms with Crippen molar-refractivity contribution in [3.05, 3.63) is 24.0 Å². The van der Waals surface area contributed by atoms with Crippen molar-refractivity contribution in [3.8, 4) is 6.07 Å². The molecule has 1 rings (SSSR count). The first-order valence-electron chi connectivity index (χ1n) is 5.30. The van der Waals surface area contributed by atoms with Gasteiger partial charge >= 0.3 is 0 Å². The molecule has 0 bridgehead atoms. The number of pyridine rings is 1. The third-order valence-electron chi connectivity index (χ3n) is 2.47. The van der Waals surface area contributed by atoms with Crippen LogP contribution in [0.5, 0.6) is 0 Å². The minimum Gasteiger partial charge on any atom is -0.381 e. The fraction of sp³-hybridized carbons (Fsp3) is 0.500. The second kappa shape index (κ2) is 5.35. The molecule has 0 aliphatic rings. The lowest BCUT2D eigenvalue weighted by atomic mass is 10.0. The fourth-order valence-corrected chi connectivity index (χ4v) is 1.50. The number of aromatic nitrogens is 1. The van der Waals surface area contributed by atoms with Crippen LogP contribution >= 0.6 is 0 Å². The van der Waals surface area contributed by atoms with Gasteiger partial charge in [0, 0.05) is 6.04 Å². The predicted molar refractivity (Wildman–Crippen MR) is 61.5 cm³/mol. The van der Waals surface area contributed by atoms with Gasteiger partial charge in [0.15, 0.2) is 0 Å². The summed E-state index contributed by atoms with van der Waals surface area (Å²) in [5.74, 6) is 0.589. The highest BCUT2D eigenvalue weighted by Crippen LogP contribution is 2.14. The van der Waals surface area contributed by atoms with E-state index in [9.17, 15) is 0 Å². The molecule has 0 radical (unpaired) electrons. The average molecular weight is 203 g/mol. The zero-order valence-corrected chi connectivity index (χ0v) is 9.49. The molecule has 3 nitrogen and oxygen atoms in total. The number of hydrogen-bond donors (Lipinski definition) is 1. The molecule has 0 saturated heterocycles. The van der Waals surface area contributed by atoms with Crippen molar-refractivity contribution in [3.63, 3.8) is 0 Å². The van der Waals surface area contributed by atoms with E-state index in [1.54, 1.807) is 12.3 Å². The summed E-state index contributed by atoms with van der Waals surface area (Å²) in [4.78, 5) is 4.02. The maximum Gasteiger partial charge on any atom is 0.140 e. The first-order chi connectivity index (χ1) is 7.17. The van der Waals surface area contributed by atoms with Gasteiger partial charge in [-0.05, 0) is 24.5 Å². The summed E-state index contributed by atoms with van der Waals surface area (Å²) < 4.78 is 0. The molecule has 1 atom stereocenters. The highest BCUT2D eigenvalue weighted by atomic mass is 14.9. The van der Waals surface area contributed by atoms with Crippen molar-refractivity contribution in [2.24, 2.45) is 5.92 Å². The number of rotatable bonds is 4. The van der Waals surface area contributed by atoms with Crippen LogP contribution in [-0.2, 0) is 0 Å². The molecule has 1 unspecified atom stereocenters. The van der Waals surface area contributed by atoms with E-state index in [-0.39, 0.29) is 0 Å². The van der Waals surface area contributed by atoms with Gasteiger partial charge < -0.3 is 5.32 Å². The van der Waals surface area contributed by atoms with Gasteiger partial charge in [-0.3, -0.25) is 0 Å². The molecule has 0 aliphatic heterocycles. The predicted octanol–water partition coefficient (Wildman–Crippen LogP) is 2.80. The average Bonchev–Trinajstić information content (AvgIpc) is 2.26. The molecule has 0 amide bonds. The smallest absolute Gasteiger partial charge is 0.140 e. The van der Waals surface area contributed by atoms with E-state index < -0.39 is 0 Å². The van der Waals surface area contributed by atoms with Crippen molar-refractivity contribution in [1.29, 1.82) is 5.26 Å². The van der Waals surface area contributed by atoms with Crippen LogP contribution < -0.4 is 5.32 Å². The Morgan fingerprint density at radius 1 is 1.47 bits per heavy atom. The Bertz CT molecular complexity index is 335. The highest BCUT2D eigenvalue weighted by Gasteiger charge is 2.10. The lowest BCUT2D eigenvalue weighted by Crippen LogP contribution is -2.24. The molecular weight excluding hydrogens is 186 g/mol. The standard InChI is InChI=1S/C12H17N3/c1-4-12(9(2)3)15-11-6-5-10(7-13)14-8-11/h5-6,8-9,12,15H,4H2,1-3H3. The number of anilines is 1. The minimum absolute atomic E-state index is 0.457. The molecule has 1 aromatic heterocycles. The van der Waals surface area contributed by atoms with Gasteiger partial charge in [-0.15, -0.1) is 0 Å². The lowest BCUT2D eigenvalue weighted by Gasteiger charge is -2.21. The van der Waals surface area contributed by atoms with Gasteiger partial charge in [-0.1, -0.05) is 20.8 Å². The summed E-state index contributed by atoms with van der Waals surface area (Å²) in [5.41, 5.74) is 1.44. The van der Waals surface area contributed by atoms with E-state index >= 15 is 0 Å². The van der Waals surface area contributed by atoms with Crippen LogP contribution in [-0.4, -0.2) is 11.0 Å². The van der Waals surface area contributed by atoms with Gasteiger partial charge in [0.25, 0.3) is 0 Å². The molecule has 1 heterocycles. The Hall–Kier alpha value is -1.56. The van der Waals surface area contributed by atoms with Crippen LogP contribution in [0, 0.1) is 17.2 Å². The second-order valence-corrected chi connectivity index (χ2v) is 3.95. The van der Waals surface area contributed by atoms with Crippen molar-refractivity contribution in [2.75, 3.05) is 5.32 Å². The quantitative estimate of drug-likeness (QED) is 0.818. The molecule has 3 heteroatoms. The summed E-state index contributed by atoms with van der Waals surface area (Å²) in [5, 5.41) is 12.0. The summed E-state index contributed by atoms with van der Waals surface area (Å²) >= 11 is 0. The van der Waals surface area contributed by atoms with Crippen molar-refractivity contribution in [2.45, 2.75) is 33.2 Å². The molecule has 0 fully saturated rings. The Morgan fingerprint density at radius 3 is 2.60 bits per heavy atom. The first-order valence-corrected chi connectivity index (χ1v) is 5.30. The van der Waals surface area contributed by atoms with Gasteiger partial charge in [0.1, 0.15) is 11.8 Å². The van der Waals surface area contributed by atoms with Crippen LogP contribution in [0.3, 0.4) is 0 Å². The molecule has 0 aliphatic carbocycles. The normalized spacial score (nSPS) is 12.2. The minimum atomic E-state index is 0.457. The monoisotopic (exact) mass is 203 g/mol. The molecule has 0 aromatic carbocycles. The zero-order valence-electron chi connectivity index (χ0n) is 9.49. The number of nitriles is 1. The third-order valence-corrected chi connectivity index (χ3v) is 2.47. The van der Waals surface area contributed by atoms with Crippen LogP contribution in [0.4, 0.5) is 5.69 Å². The molecule has 1 N–H and O–H groups in total. The van der Waals surface area contributed by atoms with E-state index in [0.717, 1.165) is 12.1 Å². The second-order valence-electron chi connectivity index (χ2n) is 3.95. The van der Waals surface area contributed by atoms with E-state index in [1.165, 1.54) is 0 Å². The fourth-order valence-electron chi connectivity index (χ4n) is 1.50. The molecule has 0 saturated carbocycles. The largest absolute Gasteiger partial charge is 0.381 e. The molecule has 1 aromatic rings. The van der Waals surface area contributed by atoms with E-state index in [0.29, 0.717) is 17.7 Å². The van der Waals surface area contributed by atoms with Crippen molar-refractivity contribution in [1.82, 2.24) is 4.98 Å². The van der Waals surface area contributed by atoms with Gasteiger partial charge in [0.2, 0.25) is 0 Å². The lowest BCUT2D eigenvalue weighted by molar-refractivity contribution is 0.511. The summed E-state index contributed by atoms with van der Waals surface area (Å²) in [6.45, 7) is 6.55. The van der Waals surface area contributed by atoms with Gasteiger partial charge in [-0.2, -0.15) is 5.26 Å². The van der Waals surface area contributed by atoms with Crippen LogP contribution in [0.2, 0.25) is 0 Å². The van der Waals surface area contributed by atoms with Crippen LogP contribution in [0.25, 0.3) is 0 Å². The summed E-state index contributed by atoms with van der Waals surface area (Å²) in [6, 6.07) is 6.09. The van der Waals surface area contributed by atoms with E-state index in [1.807, 2.05) is 12.1 Å². The topological polar surface area (TPSA) is 48.7 Å². The maximum atomic E-state index is 8.61. The first kappa shape index (κ1) is 11.5. The Labute approximate surface area is 91.1 Å². The Morgan fingerprint density at radius 2 is 2.20 bits per heavy atom. The van der Waals surface area contributed by atoms with Gasteiger partial charge in [-0.25, -0.2) is 4.98 Å². The molecule has 80 valence electrons. The summed E-state index contributed by atoms with van der Waals surface area (Å²) in [7, 11) is 0. The van der Waals surface area contributed by atoms with Crippen molar-refractivity contribution < 1.29 is 0 Å². The van der Waals surface area contributed by atoms with Crippen molar-refractivity contribution >= 4 is 5.69 Å². The number of nitrogens with one attached hydrogen (secondary N) is 1. The third kappa shape index (κ3) is 3.25. The highest BCUT2D eigenvalue weighted by molar-refractivity contribution is 5.43. The number of hydrogen-bond acceptors (Lipinski definition) is 3. The molecule has 0 spiro atoms. The zero-order chi connectivity index (χ0) is 11.3. The van der Waals surface area contributed by atoms with Crippen LogP contribution in [0.1, 0.15) is 32.9 Å². The maximum absolute atomic E-state index is 8.61. The van der Waals surface area contributed by atoms with E-state index in [4.69, 9.17) is 5.26 Å². The Balaban J connectivity index is 2.68. The van der Waals surface area contributed by atoms with Gasteiger partial charge in [0.05, 0.1) is 11.9 Å². The SMILES string of the molecule is CCC(Nc1ccc(C#N)nc1)C(C)C. The molecule has 15 heavy (non-hydrogen) atoms.